The van der Waals surface area contributed by atoms with E-state index in [0.29, 0.717) is 39.9 Å². The van der Waals surface area contributed by atoms with Gasteiger partial charge in [0.15, 0.2) is 5.82 Å². The number of benzene rings is 2. The topological polar surface area (TPSA) is 148 Å². The number of H-pyrrole nitrogens is 1. The van der Waals surface area contributed by atoms with Gasteiger partial charge in [0.1, 0.15) is 6.61 Å². The molecule has 3 N–H and O–H groups in total. The summed E-state index contributed by atoms with van der Waals surface area (Å²) in [7, 11) is 0. The fraction of sp³-hybridized carbons (Fsp3) is 0.346. The molecule has 1 aliphatic heterocycles. The zero-order valence-electron chi connectivity index (χ0n) is 20.3. The van der Waals surface area contributed by atoms with E-state index in [2.05, 4.69) is 21.6 Å². The van der Waals surface area contributed by atoms with Gasteiger partial charge in [0, 0.05) is 22.5 Å². The maximum atomic E-state index is 13.4. The predicted octanol–water partition coefficient (Wildman–Crippen LogP) is 4.65. The van der Waals surface area contributed by atoms with Crippen molar-refractivity contribution in [3.8, 4) is 17.2 Å². The van der Waals surface area contributed by atoms with Gasteiger partial charge in [0.2, 0.25) is 5.91 Å². The Morgan fingerprint density at radius 2 is 2.08 bits per heavy atom. The number of halogens is 1. The molecule has 0 aliphatic carbocycles. The molecule has 2 amide bonds. The third kappa shape index (κ3) is 5.52. The molecular weight excluding hydrogens is 498 g/mol. The molecule has 1 aliphatic rings. The molecule has 2 heterocycles. The Labute approximate surface area is 218 Å². The number of ether oxygens (including phenoxy) is 1. The van der Waals surface area contributed by atoms with Crippen molar-refractivity contribution in [2.75, 3.05) is 18.5 Å². The molecule has 2 atom stereocenters. The van der Waals surface area contributed by atoms with Gasteiger partial charge in [-0.05, 0) is 48.7 Å². The number of piperidine rings is 1. The fourth-order valence-corrected chi connectivity index (χ4v) is 4.67. The summed E-state index contributed by atoms with van der Waals surface area (Å²) in [6.07, 6.45) is -0.239. The predicted molar refractivity (Wildman–Crippen MR) is 137 cm³/mol. The van der Waals surface area contributed by atoms with Crippen LogP contribution in [0.4, 0.5) is 10.6 Å². The van der Waals surface area contributed by atoms with E-state index in [0.717, 1.165) is 10.5 Å². The Morgan fingerprint density at radius 3 is 2.78 bits per heavy atom. The number of hydrogen-bond donors (Lipinski definition) is 3. The van der Waals surface area contributed by atoms with Crippen molar-refractivity contribution in [1.82, 2.24) is 15.1 Å². The lowest BCUT2D eigenvalue weighted by atomic mass is 9.88. The monoisotopic (exact) mass is 523 g/mol. The van der Waals surface area contributed by atoms with Gasteiger partial charge in [-0.3, -0.25) is 14.7 Å². The van der Waals surface area contributed by atoms with E-state index < -0.39 is 29.9 Å². The molecule has 0 radical (unpaired) electrons. The maximum Gasteiger partial charge on any atom is 0.407 e. The van der Waals surface area contributed by atoms with E-state index >= 15 is 0 Å². The third-order valence-electron chi connectivity index (χ3n) is 6.44. The highest BCUT2D eigenvalue weighted by atomic mass is 35.5. The molecular formula is C26H26ClN5O5. The van der Waals surface area contributed by atoms with E-state index in [1.54, 1.807) is 38.1 Å². The Kier molecular flexibility index (Phi) is 7.64. The molecule has 0 spiro atoms. The average molecular weight is 524 g/mol. The first-order chi connectivity index (χ1) is 17.7. The smallest absolute Gasteiger partial charge is 0.407 e. The van der Waals surface area contributed by atoms with E-state index in [1.165, 1.54) is 0 Å². The lowest BCUT2D eigenvalue weighted by Crippen LogP contribution is -2.53. The molecule has 1 aromatic heterocycles. The number of hydrogen-bond acceptors (Lipinski definition) is 6. The number of likely N-dealkylation sites (tertiary alicyclic amines) is 1. The minimum atomic E-state index is -1.17. The minimum absolute atomic E-state index is 0.208. The summed E-state index contributed by atoms with van der Waals surface area (Å²) in [6.45, 7) is 3.41. The lowest BCUT2D eigenvalue weighted by molar-refractivity contribution is -0.151. The van der Waals surface area contributed by atoms with Crippen molar-refractivity contribution >= 4 is 46.3 Å². The first kappa shape index (κ1) is 26.0. The summed E-state index contributed by atoms with van der Waals surface area (Å²) in [6, 6.07) is 11.7. The summed E-state index contributed by atoms with van der Waals surface area (Å²) in [5.41, 5.74) is 2.53. The Morgan fingerprint density at radius 1 is 1.30 bits per heavy atom. The van der Waals surface area contributed by atoms with Crippen molar-refractivity contribution in [3.05, 3.63) is 47.0 Å². The number of fused-ring (bicyclic) bond motifs is 1. The summed E-state index contributed by atoms with van der Waals surface area (Å²) >= 11 is 6.37. The quantitative estimate of drug-likeness (QED) is 0.398. The molecule has 0 bridgehead atoms. The van der Waals surface area contributed by atoms with Crippen LogP contribution in [0.15, 0.2) is 36.4 Å². The number of aromatic nitrogens is 2. The molecule has 0 saturated carbocycles. The highest BCUT2D eigenvalue weighted by Gasteiger charge is 2.39. The van der Waals surface area contributed by atoms with Crippen LogP contribution >= 0.6 is 11.6 Å². The van der Waals surface area contributed by atoms with Gasteiger partial charge >= 0.3 is 12.1 Å². The number of carboxylic acid groups (broad SMARTS) is 1. The Bertz CT molecular complexity index is 1400. The molecule has 1 fully saturated rings. The first-order valence-electron chi connectivity index (χ1n) is 11.8. The second-order valence-electron chi connectivity index (χ2n) is 9.21. The van der Waals surface area contributed by atoms with Gasteiger partial charge in [0.05, 0.1) is 35.0 Å². The summed E-state index contributed by atoms with van der Waals surface area (Å²) in [5, 5.41) is 30.0. The number of carbonyl (C=O) groups excluding carboxylic acids is 2. The molecule has 10 nitrogen and oxygen atoms in total. The van der Waals surface area contributed by atoms with Crippen molar-refractivity contribution < 1.29 is 24.2 Å². The highest BCUT2D eigenvalue weighted by molar-refractivity contribution is 6.33. The van der Waals surface area contributed by atoms with E-state index in [-0.39, 0.29) is 24.9 Å². The molecule has 1 saturated heterocycles. The van der Waals surface area contributed by atoms with Gasteiger partial charge in [-0.15, -0.1) is 0 Å². The van der Waals surface area contributed by atoms with Crippen molar-refractivity contribution in [2.45, 2.75) is 32.7 Å². The first-order valence-corrected chi connectivity index (χ1v) is 12.2. The van der Waals surface area contributed by atoms with Crippen LogP contribution in [0.3, 0.4) is 0 Å². The van der Waals surface area contributed by atoms with Crippen molar-refractivity contribution in [2.24, 2.45) is 11.8 Å². The standard InChI is InChI=1S/C26H26ClN5O5/c1-14(2)25(34)37-13-22-17(4-3-9-32(22)26(35)36)24(33)29-23-19-11-16(6-8-21(19)30-31-23)18-10-15(12-28)5-7-20(18)27/h5-8,10-11,14,17,22H,3-4,9,13H2,1-2H3,(H,35,36)(H2,29,30,31,33)/t17-,22?/m1/s1. The second-order valence-corrected chi connectivity index (χ2v) is 9.61. The number of amides is 2. The molecule has 192 valence electrons. The van der Waals surface area contributed by atoms with Gasteiger partial charge in [-0.1, -0.05) is 31.5 Å². The highest BCUT2D eigenvalue weighted by Crippen LogP contribution is 2.33. The second kappa shape index (κ2) is 10.9. The number of nitrogens with zero attached hydrogens (tertiary/aromatic N) is 3. The van der Waals surface area contributed by atoms with Crippen LogP contribution in [-0.2, 0) is 14.3 Å². The third-order valence-corrected chi connectivity index (χ3v) is 6.77. The van der Waals surface area contributed by atoms with Crippen LogP contribution in [0.5, 0.6) is 0 Å². The van der Waals surface area contributed by atoms with Crippen molar-refractivity contribution in [1.29, 1.82) is 5.26 Å². The SMILES string of the molecule is CC(C)C(=O)OCC1[C@H](C(=O)Nc2n[nH]c3ccc(-c4cc(C#N)ccc4Cl)cc23)CCCN1C(=O)O. The van der Waals surface area contributed by atoms with E-state index in [9.17, 15) is 24.8 Å². The molecule has 2 aromatic carbocycles. The molecule has 4 rings (SSSR count). The van der Waals surface area contributed by atoms with Crippen LogP contribution in [0.25, 0.3) is 22.0 Å². The Hall–Kier alpha value is -4.10. The summed E-state index contributed by atoms with van der Waals surface area (Å²) < 4.78 is 5.32. The van der Waals surface area contributed by atoms with E-state index in [4.69, 9.17) is 16.3 Å². The molecule has 1 unspecified atom stereocenters. The van der Waals surface area contributed by atoms with Gasteiger partial charge < -0.3 is 20.1 Å². The van der Waals surface area contributed by atoms with Crippen molar-refractivity contribution in [3.63, 3.8) is 0 Å². The largest absolute Gasteiger partial charge is 0.465 e. The summed E-state index contributed by atoms with van der Waals surface area (Å²) in [5.74, 6) is -1.71. The molecule has 11 heteroatoms. The number of aromatic amines is 1. The number of rotatable bonds is 6. The maximum absolute atomic E-state index is 13.4. The molecule has 3 aromatic rings. The van der Waals surface area contributed by atoms with Crippen LogP contribution in [0, 0.1) is 23.2 Å². The van der Waals surface area contributed by atoms with Crippen LogP contribution in [0.2, 0.25) is 5.02 Å². The van der Waals surface area contributed by atoms with Crippen LogP contribution < -0.4 is 5.32 Å². The summed E-state index contributed by atoms with van der Waals surface area (Å²) in [4.78, 5) is 38.4. The zero-order valence-corrected chi connectivity index (χ0v) is 21.1. The number of nitriles is 1. The van der Waals surface area contributed by atoms with Gasteiger partial charge in [-0.25, -0.2) is 4.79 Å². The number of anilines is 1. The van der Waals surface area contributed by atoms with Gasteiger partial charge in [-0.2, -0.15) is 10.4 Å². The number of carbonyl (C=O) groups is 3. The molecule has 37 heavy (non-hydrogen) atoms. The van der Waals surface area contributed by atoms with Crippen LogP contribution in [-0.4, -0.2) is 57.4 Å². The Balaban J connectivity index is 1.61. The fourth-order valence-electron chi connectivity index (χ4n) is 4.44. The minimum Gasteiger partial charge on any atom is -0.465 e. The van der Waals surface area contributed by atoms with Gasteiger partial charge in [0.25, 0.3) is 0 Å². The van der Waals surface area contributed by atoms with E-state index in [1.807, 2.05) is 12.1 Å². The zero-order chi connectivity index (χ0) is 26.7. The van der Waals surface area contributed by atoms with Crippen LogP contribution in [0.1, 0.15) is 32.3 Å². The number of nitrogens with one attached hydrogen (secondary N) is 2. The number of esters is 1. The average Bonchev–Trinajstić information content (AvgIpc) is 3.28. The lowest BCUT2D eigenvalue weighted by Gasteiger charge is -2.38. The normalized spacial score (nSPS) is 17.4.